The molecule has 5 heteroatoms. The molecule has 1 amide bonds. The van der Waals surface area contributed by atoms with Crippen LogP contribution in [0.1, 0.15) is 19.8 Å². The maximum Gasteiger partial charge on any atom is 0.240 e. The van der Waals surface area contributed by atoms with E-state index in [2.05, 4.69) is 5.32 Å². The third kappa shape index (κ3) is 4.08. The number of methoxy groups -OCH3 is 1. The predicted octanol–water partition coefficient (Wildman–Crippen LogP) is -0.107. The van der Waals surface area contributed by atoms with Gasteiger partial charge in [0.15, 0.2) is 0 Å². The third-order valence-electron chi connectivity index (χ3n) is 2.88. The summed E-state index contributed by atoms with van der Waals surface area (Å²) in [4.78, 5) is 11.7. The zero-order valence-electron chi connectivity index (χ0n) is 10.1. The van der Waals surface area contributed by atoms with E-state index in [9.17, 15) is 4.79 Å². The summed E-state index contributed by atoms with van der Waals surface area (Å²) in [7, 11) is 1.63. The fourth-order valence-corrected chi connectivity index (χ4v) is 1.54. The highest BCUT2D eigenvalue weighted by molar-refractivity contribution is 5.86. The Labute approximate surface area is 96.7 Å². The molecule has 1 unspecified atom stereocenters. The summed E-state index contributed by atoms with van der Waals surface area (Å²) in [5, 5.41) is 2.79. The van der Waals surface area contributed by atoms with Crippen LogP contribution in [0.3, 0.4) is 0 Å². The number of carbonyl (C=O) groups excluding carboxylic acids is 1. The number of rotatable bonds is 8. The van der Waals surface area contributed by atoms with Gasteiger partial charge in [0.25, 0.3) is 0 Å². The normalized spacial score (nSPS) is 19.2. The van der Waals surface area contributed by atoms with E-state index in [0.29, 0.717) is 32.3 Å². The van der Waals surface area contributed by atoms with Crippen LogP contribution in [0.5, 0.6) is 0 Å². The molecule has 94 valence electrons. The summed E-state index contributed by atoms with van der Waals surface area (Å²) in [6.07, 6.45) is 2.12. The Morgan fingerprint density at radius 3 is 2.69 bits per heavy atom. The minimum atomic E-state index is -0.716. The second kappa shape index (κ2) is 6.18. The average Bonchev–Trinajstić information content (AvgIpc) is 3.06. The quantitative estimate of drug-likeness (QED) is 0.571. The first-order valence-corrected chi connectivity index (χ1v) is 5.73. The van der Waals surface area contributed by atoms with Crippen LogP contribution < -0.4 is 11.1 Å². The summed E-state index contributed by atoms with van der Waals surface area (Å²) in [6.45, 7) is 3.92. The molecule has 0 aromatic carbocycles. The lowest BCUT2D eigenvalue weighted by Gasteiger charge is -2.23. The molecular formula is C11H22N2O3. The molecule has 3 N–H and O–H groups in total. The molecule has 0 saturated heterocycles. The summed E-state index contributed by atoms with van der Waals surface area (Å²) in [5.74, 6) is 0.271. The Kier molecular flexibility index (Phi) is 5.18. The molecule has 1 saturated carbocycles. The summed E-state index contributed by atoms with van der Waals surface area (Å²) < 4.78 is 10.1. The lowest BCUT2D eigenvalue weighted by atomic mass is 9.96. The van der Waals surface area contributed by atoms with Gasteiger partial charge in [-0.3, -0.25) is 4.79 Å². The Bertz CT molecular complexity index is 227. The van der Waals surface area contributed by atoms with Gasteiger partial charge in [0.05, 0.1) is 25.4 Å². The number of nitrogens with one attached hydrogen (secondary N) is 1. The van der Waals surface area contributed by atoms with Crippen molar-refractivity contribution in [3.05, 3.63) is 0 Å². The molecule has 0 aliphatic heterocycles. The van der Waals surface area contributed by atoms with Crippen LogP contribution in [0.2, 0.25) is 0 Å². The number of hydrogen-bond acceptors (Lipinski definition) is 4. The first-order valence-electron chi connectivity index (χ1n) is 5.73. The predicted molar refractivity (Wildman–Crippen MR) is 61.0 cm³/mol. The zero-order chi connectivity index (χ0) is 12.0. The lowest BCUT2D eigenvalue weighted by Crippen LogP contribution is -2.53. The number of hydrogen-bond donors (Lipinski definition) is 2. The van der Waals surface area contributed by atoms with Crippen molar-refractivity contribution in [2.24, 2.45) is 11.7 Å². The molecule has 1 aliphatic carbocycles. The molecule has 0 aromatic heterocycles. The van der Waals surface area contributed by atoms with Crippen molar-refractivity contribution in [2.45, 2.75) is 25.3 Å². The molecule has 0 aromatic rings. The van der Waals surface area contributed by atoms with Gasteiger partial charge in [-0.05, 0) is 25.7 Å². The van der Waals surface area contributed by atoms with Crippen LogP contribution in [-0.2, 0) is 14.3 Å². The van der Waals surface area contributed by atoms with Gasteiger partial charge in [-0.15, -0.1) is 0 Å². The summed E-state index contributed by atoms with van der Waals surface area (Å²) in [5.41, 5.74) is 5.24. The van der Waals surface area contributed by atoms with Crippen LogP contribution in [0, 0.1) is 5.92 Å². The van der Waals surface area contributed by atoms with Crippen molar-refractivity contribution in [2.75, 3.05) is 33.5 Å². The van der Waals surface area contributed by atoms with Gasteiger partial charge in [-0.25, -0.2) is 0 Å². The minimum absolute atomic E-state index is 0.0784. The second-order valence-corrected chi connectivity index (χ2v) is 4.42. The van der Waals surface area contributed by atoms with Gasteiger partial charge in [-0.2, -0.15) is 0 Å². The SMILES string of the molecule is COCCOCCNC(=O)C(C)(N)C1CC1. The van der Waals surface area contributed by atoms with Crippen molar-refractivity contribution >= 4 is 5.91 Å². The van der Waals surface area contributed by atoms with E-state index in [1.807, 2.05) is 0 Å². The number of nitrogens with two attached hydrogens (primary N) is 1. The maximum absolute atomic E-state index is 11.7. The molecule has 16 heavy (non-hydrogen) atoms. The van der Waals surface area contributed by atoms with Gasteiger partial charge in [0.1, 0.15) is 0 Å². The van der Waals surface area contributed by atoms with Crippen LogP contribution in [0.25, 0.3) is 0 Å². The highest BCUT2D eigenvalue weighted by atomic mass is 16.5. The maximum atomic E-state index is 11.7. The number of amides is 1. The fraction of sp³-hybridized carbons (Fsp3) is 0.909. The molecule has 0 radical (unpaired) electrons. The molecular weight excluding hydrogens is 208 g/mol. The second-order valence-electron chi connectivity index (χ2n) is 4.42. The fourth-order valence-electron chi connectivity index (χ4n) is 1.54. The van der Waals surface area contributed by atoms with E-state index in [1.165, 1.54) is 0 Å². The minimum Gasteiger partial charge on any atom is -0.382 e. The largest absolute Gasteiger partial charge is 0.382 e. The van der Waals surface area contributed by atoms with E-state index < -0.39 is 5.54 Å². The van der Waals surface area contributed by atoms with E-state index in [4.69, 9.17) is 15.2 Å². The zero-order valence-corrected chi connectivity index (χ0v) is 10.1. The van der Waals surface area contributed by atoms with Crippen molar-refractivity contribution < 1.29 is 14.3 Å². The van der Waals surface area contributed by atoms with Gasteiger partial charge in [-0.1, -0.05) is 0 Å². The molecule has 0 bridgehead atoms. The molecule has 1 atom stereocenters. The Balaban J connectivity index is 2.06. The van der Waals surface area contributed by atoms with E-state index >= 15 is 0 Å². The topological polar surface area (TPSA) is 73.6 Å². The average molecular weight is 230 g/mol. The van der Waals surface area contributed by atoms with E-state index in [0.717, 1.165) is 12.8 Å². The molecule has 0 heterocycles. The molecule has 0 spiro atoms. The van der Waals surface area contributed by atoms with Gasteiger partial charge in [0, 0.05) is 13.7 Å². The van der Waals surface area contributed by atoms with Crippen molar-refractivity contribution in [3.63, 3.8) is 0 Å². The first-order chi connectivity index (χ1) is 7.59. The smallest absolute Gasteiger partial charge is 0.240 e. The van der Waals surface area contributed by atoms with Crippen molar-refractivity contribution in [1.29, 1.82) is 0 Å². The van der Waals surface area contributed by atoms with Crippen molar-refractivity contribution in [3.8, 4) is 0 Å². The molecule has 1 rings (SSSR count). The summed E-state index contributed by atoms with van der Waals surface area (Å²) in [6, 6.07) is 0. The molecule has 1 fully saturated rings. The van der Waals surface area contributed by atoms with Crippen LogP contribution in [-0.4, -0.2) is 44.9 Å². The van der Waals surface area contributed by atoms with Crippen LogP contribution in [0.15, 0.2) is 0 Å². The number of carbonyl (C=O) groups is 1. The standard InChI is InChI=1S/C11H22N2O3/c1-11(12,9-3-4-9)10(14)13-5-6-16-8-7-15-2/h9H,3-8,12H2,1-2H3,(H,13,14). The first kappa shape index (κ1) is 13.4. The Morgan fingerprint density at radius 2 is 2.12 bits per heavy atom. The van der Waals surface area contributed by atoms with Crippen LogP contribution in [0.4, 0.5) is 0 Å². The number of ether oxygens (including phenoxy) is 2. The van der Waals surface area contributed by atoms with Crippen LogP contribution >= 0.6 is 0 Å². The van der Waals surface area contributed by atoms with E-state index in [1.54, 1.807) is 14.0 Å². The Morgan fingerprint density at radius 1 is 1.44 bits per heavy atom. The van der Waals surface area contributed by atoms with Crippen molar-refractivity contribution in [1.82, 2.24) is 5.32 Å². The summed E-state index contributed by atoms with van der Waals surface area (Å²) >= 11 is 0. The molecule has 5 nitrogen and oxygen atoms in total. The lowest BCUT2D eigenvalue weighted by molar-refractivity contribution is -0.126. The monoisotopic (exact) mass is 230 g/mol. The Hall–Kier alpha value is -0.650. The highest BCUT2D eigenvalue weighted by Crippen LogP contribution is 2.37. The van der Waals surface area contributed by atoms with Gasteiger partial charge >= 0.3 is 0 Å². The van der Waals surface area contributed by atoms with Gasteiger partial charge in [0.2, 0.25) is 5.91 Å². The molecule has 1 aliphatic rings. The van der Waals surface area contributed by atoms with E-state index in [-0.39, 0.29) is 5.91 Å². The highest BCUT2D eigenvalue weighted by Gasteiger charge is 2.43. The third-order valence-corrected chi connectivity index (χ3v) is 2.88. The van der Waals surface area contributed by atoms with Gasteiger partial charge < -0.3 is 20.5 Å².